The molecule has 1 saturated carbocycles. The first-order chi connectivity index (χ1) is 7.46. The Kier molecular flexibility index (Phi) is 2.69. The Balaban J connectivity index is 1.96. The lowest BCUT2D eigenvalue weighted by atomic mass is 10.3. The second kappa shape index (κ2) is 3.88. The molecule has 0 spiro atoms. The lowest BCUT2D eigenvalue weighted by molar-refractivity contribution is 0.0175. The van der Waals surface area contributed by atoms with Gasteiger partial charge in [-0.1, -0.05) is 0 Å². The minimum Gasteiger partial charge on any atom is -0.369 e. The quantitative estimate of drug-likeness (QED) is 0.497. The van der Waals surface area contributed by atoms with Gasteiger partial charge in [0.15, 0.2) is 5.96 Å². The van der Waals surface area contributed by atoms with E-state index in [2.05, 4.69) is 9.98 Å². The number of hydrogen-bond acceptors (Lipinski definition) is 1. The highest BCUT2D eigenvalue weighted by Crippen LogP contribution is 2.26. The topological polar surface area (TPSA) is 80.0 Å². The molecule has 0 atom stereocenters. The summed E-state index contributed by atoms with van der Waals surface area (Å²) < 4.78 is 25.8. The Bertz CT molecular complexity index is 335. The highest BCUT2D eigenvalue weighted by atomic mass is 19.3. The Morgan fingerprint density at radius 1 is 1.31 bits per heavy atom. The van der Waals surface area contributed by atoms with E-state index in [-0.39, 0.29) is 37.5 Å². The van der Waals surface area contributed by atoms with Gasteiger partial charge in [0, 0.05) is 13.0 Å². The van der Waals surface area contributed by atoms with Gasteiger partial charge in [0.1, 0.15) is 0 Å². The van der Waals surface area contributed by atoms with Crippen LogP contribution in [0.1, 0.15) is 19.3 Å². The van der Waals surface area contributed by atoms with Gasteiger partial charge in [-0.3, -0.25) is 0 Å². The van der Waals surface area contributed by atoms with Crippen LogP contribution < -0.4 is 11.5 Å². The molecule has 5 nitrogen and oxygen atoms in total. The van der Waals surface area contributed by atoms with Crippen LogP contribution >= 0.6 is 0 Å². The molecule has 0 bridgehead atoms. The van der Waals surface area contributed by atoms with Crippen LogP contribution in [0.4, 0.5) is 8.78 Å². The zero-order valence-corrected chi connectivity index (χ0v) is 8.87. The van der Waals surface area contributed by atoms with E-state index in [1.54, 1.807) is 0 Å². The minimum absolute atomic E-state index is 0.0269. The summed E-state index contributed by atoms with van der Waals surface area (Å²) in [7, 11) is 0. The lowest BCUT2D eigenvalue weighted by Crippen LogP contribution is -2.38. The largest absolute Gasteiger partial charge is 0.369 e. The fourth-order valence-corrected chi connectivity index (χ4v) is 1.54. The van der Waals surface area contributed by atoms with E-state index < -0.39 is 5.92 Å². The van der Waals surface area contributed by atoms with Crippen LogP contribution in [0.15, 0.2) is 9.98 Å². The van der Waals surface area contributed by atoms with Crippen LogP contribution in [-0.2, 0) is 0 Å². The predicted octanol–water partition coefficient (Wildman–Crippen LogP) is 0.119. The van der Waals surface area contributed by atoms with E-state index in [1.165, 1.54) is 4.90 Å². The first-order valence-electron chi connectivity index (χ1n) is 5.26. The first-order valence-corrected chi connectivity index (χ1v) is 5.26. The summed E-state index contributed by atoms with van der Waals surface area (Å²) in [4.78, 5) is 9.20. The predicted molar refractivity (Wildman–Crippen MR) is 57.4 cm³/mol. The highest BCUT2D eigenvalue weighted by molar-refractivity contribution is 5.93. The Hall–Kier alpha value is -1.40. The first kappa shape index (κ1) is 11.1. The average Bonchev–Trinajstić information content (AvgIpc) is 2.88. The van der Waals surface area contributed by atoms with E-state index in [4.69, 9.17) is 11.5 Å². The number of aliphatic imine (C=N–C) groups is 2. The second-order valence-electron chi connectivity index (χ2n) is 4.22. The van der Waals surface area contributed by atoms with Crippen molar-refractivity contribution in [1.29, 1.82) is 0 Å². The lowest BCUT2D eigenvalue weighted by Gasteiger charge is -2.16. The maximum absolute atomic E-state index is 12.9. The van der Waals surface area contributed by atoms with Crippen molar-refractivity contribution < 1.29 is 8.78 Å². The van der Waals surface area contributed by atoms with Crippen LogP contribution in [0.25, 0.3) is 0 Å². The summed E-state index contributed by atoms with van der Waals surface area (Å²) in [6.45, 7) is -0.182. The molecular weight excluding hydrogens is 216 g/mol. The summed E-state index contributed by atoms with van der Waals surface area (Å²) in [5, 5.41) is 0. The molecule has 0 amide bonds. The molecule has 16 heavy (non-hydrogen) atoms. The number of guanidine groups is 2. The minimum atomic E-state index is -2.68. The number of hydrogen-bond donors (Lipinski definition) is 2. The molecule has 1 saturated heterocycles. The van der Waals surface area contributed by atoms with Gasteiger partial charge < -0.3 is 16.4 Å². The molecule has 7 heteroatoms. The van der Waals surface area contributed by atoms with Gasteiger partial charge in [0.05, 0.1) is 12.6 Å². The van der Waals surface area contributed by atoms with Crippen molar-refractivity contribution in [1.82, 2.24) is 4.90 Å². The summed E-state index contributed by atoms with van der Waals surface area (Å²) in [6.07, 6.45) is 1.83. The zero-order valence-electron chi connectivity index (χ0n) is 8.87. The third-order valence-corrected chi connectivity index (χ3v) is 2.58. The van der Waals surface area contributed by atoms with E-state index >= 15 is 0 Å². The van der Waals surface area contributed by atoms with Gasteiger partial charge in [-0.2, -0.15) is 4.99 Å². The number of halogens is 2. The Labute approximate surface area is 92.2 Å². The van der Waals surface area contributed by atoms with Crippen molar-refractivity contribution in [3.8, 4) is 0 Å². The van der Waals surface area contributed by atoms with Gasteiger partial charge in [-0.25, -0.2) is 13.8 Å². The monoisotopic (exact) mass is 231 g/mol. The van der Waals surface area contributed by atoms with E-state index in [0.717, 1.165) is 12.8 Å². The number of alkyl halides is 2. The molecule has 90 valence electrons. The summed E-state index contributed by atoms with van der Waals surface area (Å²) >= 11 is 0. The SMILES string of the molecule is NC(=NC1CC1)N=C(N)N1CCC(F)(F)C1. The van der Waals surface area contributed by atoms with Gasteiger partial charge in [0.2, 0.25) is 5.96 Å². The van der Waals surface area contributed by atoms with Crippen LogP contribution in [-0.4, -0.2) is 41.9 Å². The molecule has 2 fully saturated rings. The molecule has 1 aliphatic carbocycles. The van der Waals surface area contributed by atoms with Gasteiger partial charge in [-0.15, -0.1) is 0 Å². The molecule has 2 aliphatic rings. The van der Waals surface area contributed by atoms with E-state index in [1.807, 2.05) is 0 Å². The van der Waals surface area contributed by atoms with Crippen LogP contribution in [0.3, 0.4) is 0 Å². The fourth-order valence-electron chi connectivity index (χ4n) is 1.54. The van der Waals surface area contributed by atoms with Gasteiger partial charge in [0.25, 0.3) is 5.92 Å². The molecule has 0 aromatic rings. The van der Waals surface area contributed by atoms with Crippen LogP contribution in [0.5, 0.6) is 0 Å². The molecule has 1 heterocycles. The van der Waals surface area contributed by atoms with Crippen molar-refractivity contribution in [2.75, 3.05) is 13.1 Å². The molecule has 2 rings (SSSR count). The van der Waals surface area contributed by atoms with E-state index in [0.29, 0.717) is 0 Å². The molecule has 4 N–H and O–H groups in total. The van der Waals surface area contributed by atoms with Crippen molar-refractivity contribution in [3.63, 3.8) is 0 Å². The third kappa shape index (κ3) is 2.80. The zero-order chi connectivity index (χ0) is 11.8. The molecular formula is C9H15F2N5. The van der Waals surface area contributed by atoms with Gasteiger partial charge in [-0.05, 0) is 12.8 Å². The third-order valence-electron chi connectivity index (χ3n) is 2.58. The van der Waals surface area contributed by atoms with Crippen molar-refractivity contribution in [3.05, 3.63) is 0 Å². The smallest absolute Gasteiger partial charge is 0.267 e. The number of rotatable bonds is 1. The summed E-state index contributed by atoms with van der Waals surface area (Å²) in [5.74, 6) is -2.57. The maximum Gasteiger partial charge on any atom is 0.267 e. The summed E-state index contributed by atoms with van der Waals surface area (Å²) in [6, 6.07) is 0.247. The normalized spacial score (nSPS) is 26.2. The van der Waals surface area contributed by atoms with Crippen LogP contribution in [0.2, 0.25) is 0 Å². The van der Waals surface area contributed by atoms with Gasteiger partial charge >= 0.3 is 0 Å². The highest BCUT2D eigenvalue weighted by Gasteiger charge is 2.39. The summed E-state index contributed by atoms with van der Waals surface area (Å²) in [5.41, 5.74) is 11.1. The molecule has 0 unspecified atom stereocenters. The fraction of sp³-hybridized carbons (Fsp3) is 0.778. The maximum atomic E-state index is 12.9. The molecule has 0 radical (unpaired) electrons. The van der Waals surface area contributed by atoms with Crippen molar-refractivity contribution in [2.24, 2.45) is 21.5 Å². The number of likely N-dealkylation sites (tertiary alicyclic amines) is 1. The molecule has 0 aromatic carbocycles. The van der Waals surface area contributed by atoms with Crippen molar-refractivity contribution in [2.45, 2.75) is 31.2 Å². The molecule has 1 aliphatic heterocycles. The average molecular weight is 231 g/mol. The Morgan fingerprint density at radius 3 is 2.50 bits per heavy atom. The Morgan fingerprint density at radius 2 is 2.00 bits per heavy atom. The number of nitrogens with two attached hydrogens (primary N) is 2. The van der Waals surface area contributed by atoms with Crippen molar-refractivity contribution >= 4 is 11.9 Å². The standard InChI is InChI=1S/C9H15F2N5/c10-9(11)3-4-16(5-9)8(13)15-7(12)14-6-1-2-6/h6H,1-5H2,(H4,12,13,14,15). The van der Waals surface area contributed by atoms with E-state index in [9.17, 15) is 8.78 Å². The number of nitrogens with zero attached hydrogens (tertiary/aromatic N) is 3. The van der Waals surface area contributed by atoms with Crippen LogP contribution in [0, 0.1) is 0 Å². The molecule has 0 aromatic heterocycles. The second-order valence-corrected chi connectivity index (χ2v) is 4.22.